The smallest absolute Gasteiger partial charge is 0.229 e. The molecule has 0 aliphatic carbocycles. The lowest BCUT2D eigenvalue weighted by Gasteiger charge is -1.90. The second-order valence-electron chi connectivity index (χ2n) is 3.53. The molecule has 20 heavy (non-hydrogen) atoms. The summed E-state index contributed by atoms with van der Waals surface area (Å²) < 4.78 is 18.5. The molecule has 0 fully saturated rings. The van der Waals surface area contributed by atoms with Crippen LogP contribution in [0.3, 0.4) is 0 Å². The third-order valence-corrected chi connectivity index (χ3v) is 2.30. The monoisotopic (exact) mass is 292 g/mol. The SMILES string of the molecule is CC.O=C(Cl)Cc1ccc(C#Cc2ccccc2F)o1. The summed E-state index contributed by atoms with van der Waals surface area (Å²) in [5.41, 5.74) is 0.295. The molecule has 0 aliphatic rings. The Hall–Kier alpha value is -2.05. The van der Waals surface area contributed by atoms with Crippen molar-refractivity contribution < 1.29 is 13.6 Å². The van der Waals surface area contributed by atoms with Crippen molar-refractivity contribution in [1.82, 2.24) is 0 Å². The van der Waals surface area contributed by atoms with Gasteiger partial charge < -0.3 is 4.42 Å². The number of benzene rings is 1. The lowest BCUT2D eigenvalue weighted by Crippen LogP contribution is -1.89. The molecule has 0 unspecified atom stereocenters. The first-order valence-corrected chi connectivity index (χ1v) is 6.56. The fourth-order valence-electron chi connectivity index (χ4n) is 1.37. The third-order valence-electron chi connectivity index (χ3n) is 2.17. The topological polar surface area (TPSA) is 30.2 Å². The molecule has 0 amide bonds. The van der Waals surface area contributed by atoms with Crippen LogP contribution < -0.4 is 0 Å². The molecule has 0 spiro atoms. The van der Waals surface area contributed by atoms with Crippen molar-refractivity contribution in [2.75, 3.05) is 0 Å². The second-order valence-corrected chi connectivity index (χ2v) is 3.95. The summed E-state index contributed by atoms with van der Waals surface area (Å²) in [5.74, 6) is 5.77. The summed E-state index contributed by atoms with van der Waals surface area (Å²) in [6.45, 7) is 4.00. The number of halogens is 2. The Labute approximate surface area is 122 Å². The van der Waals surface area contributed by atoms with E-state index in [4.69, 9.17) is 16.0 Å². The Kier molecular flexibility index (Phi) is 6.55. The Morgan fingerprint density at radius 1 is 1.20 bits per heavy atom. The van der Waals surface area contributed by atoms with E-state index in [-0.39, 0.29) is 12.2 Å². The van der Waals surface area contributed by atoms with Crippen LogP contribution in [0.15, 0.2) is 40.8 Å². The van der Waals surface area contributed by atoms with Gasteiger partial charge in [-0.25, -0.2) is 4.39 Å². The summed E-state index contributed by atoms with van der Waals surface area (Å²) in [5, 5.41) is -0.502. The molecule has 0 atom stereocenters. The van der Waals surface area contributed by atoms with E-state index in [9.17, 15) is 9.18 Å². The van der Waals surface area contributed by atoms with Crippen LogP contribution in [-0.4, -0.2) is 5.24 Å². The lowest BCUT2D eigenvalue weighted by atomic mass is 10.2. The van der Waals surface area contributed by atoms with Gasteiger partial charge in [0, 0.05) is 0 Å². The van der Waals surface area contributed by atoms with Gasteiger partial charge in [0.15, 0.2) is 5.76 Å². The van der Waals surface area contributed by atoms with Gasteiger partial charge in [-0.15, -0.1) is 0 Å². The normalized spacial score (nSPS) is 9.00. The maximum Gasteiger partial charge on any atom is 0.229 e. The molecule has 0 saturated heterocycles. The molecule has 0 radical (unpaired) electrons. The van der Waals surface area contributed by atoms with Crippen molar-refractivity contribution in [2.24, 2.45) is 0 Å². The fourth-order valence-corrected chi connectivity index (χ4v) is 1.50. The third kappa shape index (κ3) is 4.91. The van der Waals surface area contributed by atoms with E-state index >= 15 is 0 Å². The lowest BCUT2D eigenvalue weighted by molar-refractivity contribution is -0.111. The minimum atomic E-state index is -0.502. The van der Waals surface area contributed by atoms with Gasteiger partial charge in [-0.1, -0.05) is 31.9 Å². The van der Waals surface area contributed by atoms with Crippen molar-refractivity contribution in [3.05, 3.63) is 59.3 Å². The molecule has 2 rings (SSSR count). The molecule has 104 valence electrons. The molecule has 1 heterocycles. The molecular weight excluding hydrogens is 279 g/mol. The largest absolute Gasteiger partial charge is 0.452 e. The predicted octanol–water partition coefficient (Wildman–Crippen LogP) is 4.15. The van der Waals surface area contributed by atoms with E-state index in [1.54, 1.807) is 30.3 Å². The average Bonchev–Trinajstić information content (AvgIpc) is 2.87. The van der Waals surface area contributed by atoms with Crippen LogP contribution in [0.25, 0.3) is 0 Å². The Bertz CT molecular complexity index is 635. The standard InChI is InChI=1S/C14H8ClFO2.C2H6/c15-14(17)9-12-8-7-11(18-12)6-5-10-3-1-2-4-13(10)16;1-2/h1-4,7-8H,9H2;1-2H3. The van der Waals surface area contributed by atoms with Crippen molar-refractivity contribution in [3.8, 4) is 11.8 Å². The maximum absolute atomic E-state index is 13.3. The zero-order valence-electron chi connectivity index (χ0n) is 11.2. The van der Waals surface area contributed by atoms with Crippen molar-refractivity contribution in [3.63, 3.8) is 0 Å². The highest BCUT2D eigenvalue weighted by Crippen LogP contribution is 2.09. The number of hydrogen-bond acceptors (Lipinski definition) is 2. The van der Waals surface area contributed by atoms with Crippen molar-refractivity contribution in [1.29, 1.82) is 0 Å². The first-order chi connectivity index (χ1) is 9.65. The van der Waals surface area contributed by atoms with Gasteiger partial charge in [0.1, 0.15) is 11.6 Å². The second kappa shape index (κ2) is 8.19. The van der Waals surface area contributed by atoms with Gasteiger partial charge in [-0.2, -0.15) is 0 Å². The number of hydrogen-bond donors (Lipinski definition) is 0. The molecular formula is C16H14ClFO2. The van der Waals surface area contributed by atoms with Crippen molar-refractivity contribution in [2.45, 2.75) is 20.3 Å². The number of carbonyl (C=O) groups excluding carboxylic acids is 1. The first-order valence-electron chi connectivity index (χ1n) is 6.19. The highest BCUT2D eigenvalue weighted by molar-refractivity contribution is 6.63. The van der Waals surface area contributed by atoms with Crippen molar-refractivity contribution >= 4 is 16.8 Å². The van der Waals surface area contributed by atoms with E-state index in [1.165, 1.54) is 6.07 Å². The molecule has 0 saturated carbocycles. The first kappa shape index (κ1) is 16.0. The summed E-state index contributed by atoms with van der Waals surface area (Å²) >= 11 is 5.23. The van der Waals surface area contributed by atoms with E-state index in [1.807, 2.05) is 13.8 Å². The quantitative estimate of drug-likeness (QED) is 0.615. The number of rotatable bonds is 2. The summed E-state index contributed by atoms with van der Waals surface area (Å²) in [7, 11) is 0. The maximum atomic E-state index is 13.3. The molecule has 0 bridgehead atoms. The molecule has 0 N–H and O–H groups in total. The zero-order valence-corrected chi connectivity index (χ0v) is 12.0. The van der Waals surface area contributed by atoms with Gasteiger partial charge >= 0.3 is 0 Å². The van der Waals surface area contributed by atoms with E-state index in [0.29, 0.717) is 17.1 Å². The Balaban J connectivity index is 0.000000956. The molecule has 4 heteroatoms. The average molecular weight is 293 g/mol. The van der Waals surface area contributed by atoms with Crippen LogP contribution in [0.5, 0.6) is 0 Å². The Morgan fingerprint density at radius 2 is 1.90 bits per heavy atom. The van der Waals surface area contributed by atoms with Crippen LogP contribution in [0.1, 0.15) is 30.9 Å². The van der Waals surface area contributed by atoms with E-state index < -0.39 is 5.24 Å². The van der Waals surface area contributed by atoms with Crippen LogP contribution in [0, 0.1) is 17.7 Å². The molecule has 2 aromatic rings. The highest BCUT2D eigenvalue weighted by atomic mass is 35.5. The minimum Gasteiger partial charge on any atom is -0.452 e. The Morgan fingerprint density at radius 3 is 2.55 bits per heavy atom. The summed E-state index contributed by atoms with van der Waals surface area (Å²) in [6.07, 6.45) is 0.0168. The molecule has 1 aromatic carbocycles. The molecule has 1 aromatic heterocycles. The van der Waals surface area contributed by atoms with E-state index in [0.717, 1.165) is 0 Å². The fraction of sp³-hybridized carbons (Fsp3) is 0.188. The zero-order chi connectivity index (χ0) is 15.0. The van der Waals surface area contributed by atoms with Gasteiger partial charge in [0.25, 0.3) is 0 Å². The summed E-state index contributed by atoms with van der Waals surface area (Å²) in [6, 6.07) is 9.44. The summed E-state index contributed by atoms with van der Waals surface area (Å²) in [4.78, 5) is 10.7. The van der Waals surface area contributed by atoms with Crippen LogP contribution in [-0.2, 0) is 11.2 Å². The van der Waals surface area contributed by atoms with Gasteiger partial charge in [0.2, 0.25) is 5.24 Å². The minimum absolute atomic E-state index is 0.0168. The van der Waals surface area contributed by atoms with Crippen LogP contribution >= 0.6 is 11.6 Å². The molecule has 0 aliphatic heterocycles. The number of furan rings is 1. The van der Waals surface area contributed by atoms with E-state index in [2.05, 4.69) is 11.8 Å². The van der Waals surface area contributed by atoms with Gasteiger partial charge in [-0.3, -0.25) is 4.79 Å². The number of carbonyl (C=O) groups is 1. The van der Waals surface area contributed by atoms with Crippen LogP contribution in [0.4, 0.5) is 4.39 Å². The highest BCUT2D eigenvalue weighted by Gasteiger charge is 2.04. The predicted molar refractivity (Wildman–Crippen MR) is 77.0 cm³/mol. The van der Waals surface area contributed by atoms with Gasteiger partial charge in [-0.05, 0) is 41.8 Å². The van der Waals surface area contributed by atoms with Crippen LogP contribution in [0.2, 0.25) is 0 Å². The van der Waals surface area contributed by atoms with Gasteiger partial charge in [0.05, 0.1) is 12.0 Å². The molecule has 2 nitrogen and oxygen atoms in total.